The molecule has 0 radical (unpaired) electrons. The molecule has 3 rings (SSSR count). The van der Waals surface area contributed by atoms with Gasteiger partial charge in [0.1, 0.15) is 10.6 Å². The molecule has 146 valence electrons. The number of carbonyl (C=O) groups is 1. The van der Waals surface area contributed by atoms with Gasteiger partial charge in [0.15, 0.2) is 5.76 Å². The van der Waals surface area contributed by atoms with Crippen molar-refractivity contribution in [3.8, 4) is 0 Å². The van der Waals surface area contributed by atoms with Crippen LogP contribution in [0.3, 0.4) is 0 Å². The molecule has 8 heteroatoms. The van der Waals surface area contributed by atoms with Crippen LogP contribution in [-0.4, -0.2) is 54.4 Å². The van der Waals surface area contributed by atoms with Crippen molar-refractivity contribution in [1.82, 2.24) is 14.4 Å². The van der Waals surface area contributed by atoms with Gasteiger partial charge in [-0.15, -0.1) is 0 Å². The van der Waals surface area contributed by atoms with Crippen LogP contribution in [0.4, 0.5) is 0 Å². The topological polar surface area (TPSA) is 83.7 Å². The number of sulfonamides is 1. The van der Waals surface area contributed by atoms with E-state index in [1.165, 1.54) is 10.7 Å². The Kier molecular flexibility index (Phi) is 5.72. The van der Waals surface area contributed by atoms with E-state index in [4.69, 9.17) is 4.52 Å². The molecule has 3 heterocycles. The number of nitrogens with zero attached hydrogens (tertiary/aromatic N) is 3. The van der Waals surface area contributed by atoms with E-state index >= 15 is 0 Å². The molecule has 1 atom stereocenters. The third kappa shape index (κ3) is 3.53. The second kappa shape index (κ2) is 7.68. The summed E-state index contributed by atoms with van der Waals surface area (Å²) in [7, 11) is -3.62. The van der Waals surface area contributed by atoms with Crippen LogP contribution in [0.2, 0.25) is 0 Å². The smallest absolute Gasteiger partial charge is 0.248 e. The number of aryl methyl sites for hydroxylation is 2. The summed E-state index contributed by atoms with van der Waals surface area (Å²) in [5.41, 5.74) is 0.389. The molecular weight excluding hydrogens is 354 g/mol. The number of amides is 1. The fourth-order valence-corrected chi connectivity index (χ4v) is 6.03. The SMILES string of the molecule is CCC1CCCCN1C(=O)C1CCN(S(=O)(=O)c2c(C)noc2C)CC1. The van der Waals surface area contributed by atoms with E-state index in [9.17, 15) is 13.2 Å². The molecule has 2 saturated heterocycles. The van der Waals surface area contributed by atoms with Crippen molar-refractivity contribution in [1.29, 1.82) is 0 Å². The van der Waals surface area contributed by atoms with Crippen molar-refractivity contribution in [2.45, 2.75) is 70.2 Å². The van der Waals surface area contributed by atoms with Gasteiger partial charge in [0.05, 0.1) is 0 Å². The van der Waals surface area contributed by atoms with Gasteiger partial charge >= 0.3 is 0 Å². The molecule has 26 heavy (non-hydrogen) atoms. The number of hydrogen-bond acceptors (Lipinski definition) is 5. The Morgan fingerprint density at radius 1 is 1.15 bits per heavy atom. The highest BCUT2D eigenvalue weighted by Crippen LogP contribution is 2.30. The molecule has 1 unspecified atom stereocenters. The van der Waals surface area contributed by atoms with Gasteiger partial charge in [-0.3, -0.25) is 4.79 Å². The van der Waals surface area contributed by atoms with Crippen LogP contribution in [0.15, 0.2) is 9.42 Å². The van der Waals surface area contributed by atoms with Crippen molar-refractivity contribution in [2.75, 3.05) is 19.6 Å². The maximum Gasteiger partial charge on any atom is 0.248 e. The highest BCUT2D eigenvalue weighted by Gasteiger charge is 2.37. The summed E-state index contributed by atoms with van der Waals surface area (Å²) in [6, 6.07) is 0.348. The summed E-state index contributed by atoms with van der Waals surface area (Å²) >= 11 is 0. The number of rotatable bonds is 4. The zero-order chi connectivity index (χ0) is 18.9. The Hall–Kier alpha value is -1.41. The first-order valence-corrected chi connectivity index (χ1v) is 11.0. The minimum atomic E-state index is -3.62. The molecule has 7 nitrogen and oxygen atoms in total. The lowest BCUT2D eigenvalue weighted by Crippen LogP contribution is -2.49. The number of piperidine rings is 2. The molecule has 0 bridgehead atoms. The summed E-state index contributed by atoms with van der Waals surface area (Å²) in [5, 5.41) is 3.76. The van der Waals surface area contributed by atoms with Crippen LogP contribution in [0.5, 0.6) is 0 Å². The maximum absolute atomic E-state index is 12.9. The minimum Gasteiger partial charge on any atom is -0.360 e. The van der Waals surface area contributed by atoms with Gasteiger partial charge in [0, 0.05) is 31.6 Å². The Bertz CT molecular complexity index is 731. The number of aromatic nitrogens is 1. The lowest BCUT2D eigenvalue weighted by molar-refractivity contribution is -0.140. The van der Waals surface area contributed by atoms with Crippen LogP contribution in [0, 0.1) is 19.8 Å². The first-order valence-electron chi connectivity index (χ1n) is 9.59. The van der Waals surface area contributed by atoms with Crippen molar-refractivity contribution in [2.24, 2.45) is 5.92 Å². The largest absolute Gasteiger partial charge is 0.360 e. The zero-order valence-electron chi connectivity index (χ0n) is 15.9. The van der Waals surface area contributed by atoms with Crippen LogP contribution >= 0.6 is 0 Å². The second-order valence-corrected chi connectivity index (χ2v) is 9.30. The van der Waals surface area contributed by atoms with Gasteiger partial charge in [-0.2, -0.15) is 4.31 Å². The molecule has 1 aromatic heterocycles. The minimum absolute atomic E-state index is 0.0710. The molecule has 2 fully saturated rings. The Morgan fingerprint density at radius 2 is 1.85 bits per heavy atom. The Labute approximate surface area is 155 Å². The molecule has 0 spiro atoms. The third-order valence-corrected chi connectivity index (χ3v) is 7.89. The molecule has 2 aliphatic heterocycles. The van der Waals surface area contributed by atoms with E-state index in [0.717, 1.165) is 25.8 Å². The predicted molar refractivity (Wildman–Crippen MR) is 97.1 cm³/mol. The van der Waals surface area contributed by atoms with E-state index in [0.29, 0.717) is 43.4 Å². The Morgan fingerprint density at radius 3 is 2.42 bits per heavy atom. The number of likely N-dealkylation sites (tertiary alicyclic amines) is 1. The van der Waals surface area contributed by atoms with Crippen LogP contribution in [0.1, 0.15) is 56.9 Å². The number of carbonyl (C=O) groups excluding carboxylic acids is 1. The fraction of sp³-hybridized carbons (Fsp3) is 0.778. The molecule has 2 aliphatic rings. The first-order chi connectivity index (χ1) is 12.4. The molecule has 0 aromatic carbocycles. The lowest BCUT2D eigenvalue weighted by Gasteiger charge is -2.39. The van der Waals surface area contributed by atoms with Crippen LogP contribution in [-0.2, 0) is 14.8 Å². The van der Waals surface area contributed by atoms with Gasteiger partial charge in [-0.25, -0.2) is 8.42 Å². The van der Waals surface area contributed by atoms with E-state index < -0.39 is 10.0 Å². The van der Waals surface area contributed by atoms with E-state index in [-0.39, 0.29) is 16.7 Å². The highest BCUT2D eigenvalue weighted by molar-refractivity contribution is 7.89. The predicted octanol–water partition coefficient (Wildman–Crippen LogP) is 2.48. The maximum atomic E-state index is 12.9. The van der Waals surface area contributed by atoms with Crippen molar-refractivity contribution in [3.63, 3.8) is 0 Å². The lowest BCUT2D eigenvalue weighted by atomic mass is 9.92. The van der Waals surface area contributed by atoms with Crippen molar-refractivity contribution < 1.29 is 17.7 Å². The van der Waals surface area contributed by atoms with Gasteiger partial charge < -0.3 is 9.42 Å². The summed E-state index contributed by atoms with van der Waals surface area (Å²) < 4.78 is 32.3. The van der Waals surface area contributed by atoms with Gasteiger partial charge in [-0.1, -0.05) is 12.1 Å². The standard InChI is InChI=1S/C18H29N3O4S/c1-4-16-7-5-6-10-21(16)18(22)15-8-11-20(12-9-15)26(23,24)17-13(2)19-25-14(17)3/h15-16H,4-12H2,1-3H3. The summed E-state index contributed by atoms with van der Waals surface area (Å²) in [6.45, 7) is 6.97. The zero-order valence-corrected chi connectivity index (χ0v) is 16.7. The van der Waals surface area contributed by atoms with Crippen molar-refractivity contribution in [3.05, 3.63) is 11.5 Å². The normalized spacial score (nSPS) is 23.3. The van der Waals surface area contributed by atoms with E-state index in [2.05, 4.69) is 12.1 Å². The summed E-state index contributed by atoms with van der Waals surface area (Å²) in [6.07, 6.45) is 5.49. The molecule has 0 aliphatic carbocycles. The molecule has 1 amide bonds. The van der Waals surface area contributed by atoms with Crippen molar-refractivity contribution >= 4 is 15.9 Å². The highest BCUT2D eigenvalue weighted by atomic mass is 32.2. The third-order valence-electron chi connectivity index (χ3n) is 5.75. The monoisotopic (exact) mass is 383 g/mol. The van der Waals surface area contributed by atoms with Gasteiger partial charge in [-0.05, 0) is 52.4 Å². The molecule has 1 aromatic rings. The average molecular weight is 384 g/mol. The van der Waals surface area contributed by atoms with E-state index in [1.54, 1.807) is 13.8 Å². The second-order valence-electron chi connectivity index (χ2n) is 7.42. The first kappa shape index (κ1) is 19.4. The summed E-state index contributed by atoms with van der Waals surface area (Å²) in [5.74, 6) is 0.462. The average Bonchev–Trinajstić information content (AvgIpc) is 3.00. The Balaban J connectivity index is 1.66. The quantitative estimate of drug-likeness (QED) is 0.797. The molecule has 0 N–H and O–H groups in total. The number of hydrogen-bond donors (Lipinski definition) is 0. The summed E-state index contributed by atoms with van der Waals surface area (Å²) in [4.78, 5) is 15.2. The molecular formula is C18H29N3O4S. The van der Waals surface area contributed by atoms with Gasteiger partial charge in [0.25, 0.3) is 0 Å². The van der Waals surface area contributed by atoms with Crippen LogP contribution in [0.25, 0.3) is 0 Å². The van der Waals surface area contributed by atoms with E-state index in [1.807, 2.05) is 4.90 Å². The molecule has 0 saturated carbocycles. The van der Waals surface area contributed by atoms with Gasteiger partial charge in [0.2, 0.25) is 15.9 Å². The fourth-order valence-electron chi connectivity index (χ4n) is 4.26. The van der Waals surface area contributed by atoms with Crippen LogP contribution < -0.4 is 0 Å².